The van der Waals surface area contributed by atoms with E-state index < -0.39 is 0 Å². The SMILES string of the molecule is I[CH]CCOCc1ccccc1. The zero-order chi connectivity index (χ0) is 8.65. The third kappa shape index (κ3) is 4.07. The van der Waals surface area contributed by atoms with Crippen molar-refractivity contribution in [2.24, 2.45) is 0 Å². The van der Waals surface area contributed by atoms with Gasteiger partial charge in [0.2, 0.25) is 0 Å². The Hall–Kier alpha value is -0.0900. The molecule has 0 saturated heterocycles. The molecule has 2 heteroatoms. The maximum Gasteiger partial charge on any atom is 0.0716 e. The largest absolute Gasteiger partial charge is 0.377 e. The van der Waals surface area contributed by atoms with Crippen molar-refractivity contribution in [2.75, 3.05) is 6.61 Å². The van der Waals surface area contributed by atoms with Crippen LogP contribution in [0.2, 0.25) is 0 Å². The van der Waals surface area contributed by atoms with Crippen molar-refractivity contribution in [2.45, 2.75) is 13.0 Å². The van der Waals surface area contributed by atoms with Gasteiger partial charge in [-0.05, 0) is 12.0 Å². The Morgan fingerprint density at radius 3 is 2.67 bits per heavy atom. The van der Waals surface area contributed by atoms with Crippen LogP contribution >= 0.6 is 22.6 Å². The fourth-order valence-electron chi connectivity index (χ4n) is 0.892. The van der Waals surface area contributed by atoms with E-state index in [-0.39, 0.29) is 0 Å². The molecule has 1 aromatic carbocycles. The molecule has 1 nitrogen and oxygen atoms in total. The number of hydrogen-bond acceptors (Lipinski definition) is 1. The lowest BCUT2D eigenvalue weighted by atomic mass is 10.2. The molecule has 0 aliphatic heterocycles. The van der Waals surface area contributed by atoms with E-state index in [1.54, 1.807) is 0 Å². The van der Waals surface area contributed by atoms with Crippen LogP contribution in [0.4, 0.5) is 0 Å². The Morgan fingerprint density at radius 1 is 1.25 bits per heavy atom. The molecular formula is C10H12IO. The van der Waals surface area contributed by atoms with Crippen molar-refractivity contribution in [3.05, 3.63) is 40.3 Å². The highest BCUT2D eigenvalue weighted by Gasteiger charge is 1.90. The Kier molecular flexibility index (Phi) is 5.35. The van der Waals surface area contributed by atoms with Crippen LogP contribution in [0.25, 0.3) is 0 Å². The van der Waals surface area contributed by atoms with Crippen LogP contribution in [0.15, 0.2) is 30.3 Å². The summed E-state index contributed by atoms with van der Waals surface area (Å²) >= 11 is 2.24. The quantitative estimate of drug-likeness (QED) is 0.592. The molecule has 0 unspecified atom stereocenters. The first-order valence-electron chi connectivity index (χ1n) is 3.97. The second-order valence-corrected chi connectivity index (χ2v) is 3.36. The summed E-state index contributed by atoms with van der Waals surface area (Å²) in [7, 11) is 0. The van der Waals surface area contributed by atoms with Crippen LogP contribution in [0.3, 0.4) is 0 Å². The van der Waals surface area contributed by atoms with Gasteiger partial charge in [-0.2, -0.15) is 0 Å². The van der Waals surface area contributed by atoms with Gasteiger partial charge in [-0.25, -0.2) is 0 Å². The van der Waals surface area contributed by atoms with Crippen LogP contribution in [0.5, 0.6) is 0 Å². The first-order chi connectivity index (χ1) is 5.93. The first-order valence-corrected chi connectivity index (χ1v) is 5.21. The van der Waals surface area contributed by atoms with E-state index in [4.69, 9.17) is 4.74 Å². The second-order valence-electron chi connectivity index (χ2n) is 2.48. The van der Waals surface area contributed by atoms with Gasteiger partial charge in [0.25, 0.3) is 0 Å². The molecule has 1 radical (unpaired) electrons. The maximum atomic E-state index is 5.42. The Bertz CT molecular complexity index is 198. The molecule has 0 aromatic heterocycles. The van der Waals surface area contributed by atoms with Gasteiger partial charge in [-0.1, -0.05) is 52.9 Å². The molecule has 0 bridgehead atoms. The summed E-state index contributed by atoms with van der Waals surface area (Å²) in [6.45, 7) is 1.54. The molecule has 0 amide bonds. The van der Waals surface area contributed by atoms with Gasteiger partial charge < -0.3 is 4.74 Å². The van der Waals surface area contributed by atoms with Crippen LogP contribution in [0, 0.1) is 4.43 Å². The fraction of sp³-hybridized carbons (Fsp3) is 0.300. The summed E-state index contributed by atoms with van der Waals surface area (Å²) in [5, 5.41) is 0. The first kappa shape index (κ1) is 9.99. The zero-order valence-electron chi connectivity index (χ0n) is 6.87. The van der Waals surface area contributed by atoms with Crippen LogP contribution in [0.1, 0.15) is 12.0 Å². The number of benzene rings is 1. The molecule has 0 aliphatic carbocycles. The summed E-state index contributed by atoms with van der Waals surface area (Å²) in [6, 6.07) is 10.2. The molecule has 0 N–H and O–H groups in total. The summed E-state index contributed by atoms with van der Waals surface area (Å²) in [5.41, 5.74) is 1.24. The fourth-order valence-corrected chi connectivity index (χ4v) is 1.15. The van der Waals surface area contributed by atoms with Crippen molar-refractivity contribution in [3.8, 4) is 0 Å². The van der Waals surface area contributed by atoms with Crippen molar-refractivity contribution in [1.29, 1.82) is 0 Å². The Morgan fingerprint density at radius 2 is 2.00 bits per heavy atom. The average Bonchev–Trinajstić information content (AvgIpc) is 2.14. The van der Waals surface area contributed by atoms with Gasteiger partial charge in [-0.3, -0.25) is 0 Å². The van der Waals surface area contributed by atoms with E-state index >= 15 is 0 Å². The van der Waals surface area contributed by atoms with Gasteiger partial charge in [0.1, 0.15) is 0 Å². The van der Waals surface area contributed by atoms with Crippen molar-refractivity contribution in [1.82, 2.24) is 0 Å². The van der Waals surface area contributed by atoms with Crippen LogP contribution in [-0.2, 0) is 11.3 Å². The van der Waals surface area contributed by atoms with E-state index in [1.165, 1.54) is 5.56 Å². The summed E-state index contributed by atoms with van der Waals surface area (Å²) in [5.74, 6) is 0. The van der Waals surface area contributed by atoms with Gasteiger partial charge >= 0.3 is 0 Å². The van der Waals surface area contributed by atoms with Gasteiger partial charge in [-0.15, -0.1) is 0 Å². The van der Waals surface area contributed by atoms with E-state index in [0.29, 0.717) is 0 Å². The van der Waals surface area contributed by atoms with E-state index in [2.05, 4.69) is 39.2 Å². The molecule has 1 rings (SSSR count). The Labute approximate surface area is 87.3 Å². The molecule has 65 valence electrons. The Balaban J connectivity index is 2.16. The molecule has 0 heterocycles. The third-order valence-electron chi connectivity index (χ3n) is 1.48. The lowest BCUT2D eigenvalue weighted by molar-refractivity contribution is 0.125. The molecule has 0 saturated carbocycles. The minimum Gasteiger partial charge on any atom is -0.377 e. The minimum atomic E-state index is 0.727. The third-order valence-corrected chi connectivity index (χ3v) is 2.11. The normalized spacial score (nSPS) is 10.1. The van der Waals surface area contributed by atoms with E-state index in [1.807, 2.05) is 18.2 Å². The smallest absolute Gasteiger partial charge is 0.0716 e. The van der Waals surface area contributed by atoms with Gasteiger partial charge in [0.05, 0.1) is 6.61 Å². The number of hydrogen-bond donors (Lipinski definition) is 0. The molecule has 0 fully saturated rings. The van der Waals surface area contributed by atoms with Crippen molar-refractivity contribution < 1.29 is 4.74 Å². The number of ether oxygens (including phenoxy) is 1. The lowest BCUT2D eigenvalue weighted by Crippen LogP contribution is -1.93. The van der Waals surface area contributed by atoms with Crippen LogP contribution in [-0.4, -0.2) is 6.61 Å². The second kappa shape index (κ2) is 6.43. The predicted octanol–water partition coefficient (Wildman–Crippen LogP) is 3.19. The number of halogens is 1. The summed E-state index contributed by atoms with van der Waals surface area (Å²) in [4.78, 5) is 0. The number of rotatable bonds is 5. The van der Waals surface area contributed by atoms with Crippen LogP contribution < -0.4 is 0 Å². The summed E-state index contributed by atoms with van der Waals surface area (Å²) in [6.07, 6.45) is 1.02. The lowest BCUT2D eigenvalue weighted by Gasteiger charge is -2.01. The molecule has 1 aromatic rings. The topological polar surface area (TPSA) is 9.23 Å². The minimum absolute atomic E-state index is 0.727. The average molecular weight is 275 g/mol. The molecule has 0 atom stereocenters. The van der Waals surface area contributed by atoms with Crippen molar-refractivity contribution in [3.63, 3.8) is 0 Å². The highest BCUT2D eigenvalue weighted by molar-refractivity contribution is 14.1. The zero-order valence-corrected chi connectivity index (χ0v) is 9.03. The standard InChI is InChI=1S/C10H12IO/c11-7-4-8-12-9-10-5-2-1-3-6-10/h1-3,5-7H,4,8-9H2. The molecule has 12 heavy (non-hydrogen) atoms. The molecule has 0 spiro atoms. The van der Waals surface area contributed by atoms with Gasteiger partial charge in [0, 0.05) is 11.0 Å². The van der Waals surface area contributed by atoms with E-state index in [0.717, 1.165) is 19.6 Å². The maximum absolute atomic E-state index is 5.42. The highest BCUT2D eigenvalue weighted by atomic mass is 127. The monoisotopic (exact) mass is 275 g/mol. The highest BCUT2D eigenvalue weighted by Crippen LogP contribution is 2.02. The van der Waals surface area contributed by atoms with Crippen molar-refractivity contribution >= 4 is 22.6 Å². The predicted molar refractivity (Wildman–Crippen MR) is 59.0 cm³/mol. The van der Waals surface area contributed by atoms with Gasteiger partial charge in [0.15, 0.2) is 0 Å². The molecule has 0 aliphatic rings. The summed E-state index contributed by atoms with van der Waals surface area (Å²) < 4.78 is 7.51. The molecular weight excluding hydrogens is 263 g/mol. The van der Waals surface area contributed by atoms with E-state index in [9.17, 15) is 0 Å².